The van der Waals surface area contributed by atoms with Gasteiger partial charge in [-0.15, -0.1) is 0 Å². The fraction of sp³-hybridized carbons (Fsp3) is 0.730. The number of esters is 2. The first-order chi connectivity index (χ1) is 20.6. The van der Waals surface area contributed by atoms with E-state index in [2.05, 4.69) is 62.5 Å². The Morgan fingerprint density at radius 2 is 0.976 bits per heavy atom. The Labute approximate surface area is 258 Å². The van der Waals surface area contributed by atoms with Gasteiger partial charge in [0.1, 0.15) is 6.61 Å². The molecule has 0 aromatic carbocycles. The summed E-state index contributed by atoms with van der Waals surface area (Å²) in [5.74, 6) is -0.667. The molecule has 1 atom stereocenters. The van der Waals surface area contributed by atoms with Crippen molar-refractivity contribution in [2.24, 2.45) is 0 Å². The zero-order valence-electron chi connectivity index (χ0n) is 27.2. The van der Waals surface area contributed by atoms with E-state index >= 15 is 0 Å². The summed E-state index contributed by atoms with van der Waals surface area (Å²) in [7, 11) is 0. The van der Waals surface area contributed by atoms with Gasteiger partial charge in [-0.2, -0.15) is 0 Å². The first-order valence-electron chi connectivity index (χ1n) is 17.2. The molecule has 242 valence electrons. The molecule has 0 saturated heterocycles. The number of aliphatic hydroxyl groups excluding tert-OH is 1. The molecule has 42 heavy (non-hydrogen) atoms. The molecule has 0 fully saturated rings. The van der Waals surface area contributed by atoms with E-state index < -0.39 is 6.10 Å². The van der Waals surface area contributed by atoms with Crippen LogP contribution in [-0.4, -0.2) is 36.4 Å². The van der Waals surface area contributed by atoms with Crippen molar-refractivity contribution < 1.29 is 24.2 Å². The van der Waals surface area contributed by atoms with Crippen molar-refractivity contribution in [2.75, 3.05) is 13.2 Å². The Bertz CT molecular complexity index is 722. The van der Waals surface area contributed by atoms with Crippen LogP contribution in [0.15, 0.2) is 48.6 Å². The summed E-state index contributed by atoms with van der Waals surface area (Å²) in [4.78, 5) is 24.0. The minimum atomic E-state index is -0.795. The van der Waals surface area contributed by atoms with Crippen molar-refractivity contribution in [2.45, 2.75) is 161 Å². The van der Waals surface area contributed by atoms with Crippen molar-refractivity contribution in [3.05, 3.63) is 48.6 Å². The number of ether oxygens (including phenoxy) is 2. The number of allylic oxidation sites excluding steroid dienone is 8. The largest absolute Gasteiger partial charge is 0.462 e. The smallest absolute Gasteiger partial charge is 0.306 e. The van der Waals surface area contributed by atoms with Crippen molar-refractivity contribution in [3.8, 4) is 0 Å². The Kier molecular flexibility index (Phi) is 31.7. The van der Waals surface area contributed by atoms with E-state index in [1.807, 2.05) is 0 Å². The normalized spacial score (nSPS) is 12.7. The van der Waals surface area contributed by atoms with Gasteiger partial charge in [-0.1, -0.05) is 140 Å². The SMILES string of the molecule is CCCCCCCCC/C=C/C/C=C/C/C=C/C/C=C/CCCC(=O)O[C@@H](CO)COC(=O)CCCCCCCCC. The second-order valence-electron chi connectivity index (χ2n) is 11.2. The van der Waals surface area contributed by atoms with Gasteiger partial charge in [-0.05, 0) is 51.4 Å². The van der Waals surface area contributed by atoms with Gasteiger partial charge in [0.25, 0.3) is 0 Å². The maximum atomic E-state index is 12.1. The lowest BCUT2D eigenvalue weighted by Crippen LogP contribution is -2.28. The van der Waals surface area contributed by atoms with Crippen LogP contribution in [0.25, 0.3) is 0 Å². The topological polar surface area (TPSA) is 72.8 Å². The number of hydrogen-bond acceptors (Lipinski definition) is 5. The predicted molar refractivity (Wildman–Crippen MR) is 177 cm³/mol. The quantitative estimate of drug-likeness (QED) is 0.0513. The van der Waals surface area contributed by atoms with Gasteiger partial charge in [0.2, 0.25) is 0 Å². The molecule has 0 heterocycles. The maximum Gasteiger partial charge on any atom is 0.306 e. The average molecular weight is 589 g/mol. The van der Waals surface area contributed by atoms with Crippen molar-refractivity contribution in [1.29, 1.82) is 0 Å². The van der Waals surface area contributed by atoms with Crippen LogP contribution in [0.2, 0.25) is 0 Å². The first-order valence-corrected chi connectivity index (χ1v) is 17.2. The molecule has 0 aliphatic rings. The number of hydrogen-bond donors (Lipinski definition) is 1. The Hall–Kier alpha value is -2.14. The highest BCUT2D eigenvalue weighted by molar-refractivity contribution is 5.70. The van der Waals surface area contributed by atoms with Crippen molar-refractivity contribution >= 4 is 11.9 Å². The number of aliphatic hydroxyl groups is 1. The molecule has 1 N–H and O–H groups in total. The second kappa shape index (κ2) is 33.4. The standard InChI is InChI=1S/C37H64O5/c1-3-5-7-9-11-12-13-14-15-16-17-18-19-20-21-22-23-24-26-28-30-32-37(40)42-35(33-38)34-41-36(39)31-29-27-25-10-8-6-4-2/h15-16,18-19,21-22,24,26,35,38H,3-14,17,20,23,25,27-34H2,1-2H3/b16-15+,19-18+,22-21+,26-24+/t35-/m0/s1. The van der Waals surface area contributed by atoms with Gasteiger partial charge in [-0.3, -0.25) is 9.59 Å². The van der Waals surface area contributed by atoms with E-state index in [0.29, 0.717) is 12.8 Å². The van der Waals surface area contributed by atoms with Gasteiger partial charge < -0.3 is 14.6 Å². The van der Waals surface area contributed by atoms with Gasteiger partial charge >= 0.3 is 11.9 Å². The number of carbonyl (C=O) groups is 2. The van der Waals surface area contributed by atoms with E-state index in [1.165, 1.54) is 77.0 Å². The second-order valence-corrected chi connectivity index (χ2v) is 11.2. The van der Waals surface area contributed by atoms with Crippen LogP contribution in [0.4, 0.5) is 0 Å². The molecule has 5 nitrogen and oxygen atoms in total. The minimum absolute atomic E-state index is 0.0883. The van der Waals surface area contributed by atoms with E-state index in [-0.39, 0.29) is 31.6 Å². The highest BCUT2D eigenvalue weighted by Crippen LogP contribution is 2.10. The lowest BCUT2D eigenvalue weighted by Gasteiger charge is -2.15. The molecule has 0 amide bonds. The number of rotatable bonds is 30. The highest BCUT2D eigenvalue weighted by Gasteiger charge is 2.15. The molecule has 0 aliphatic carbocycles. The summed E-state index contributed by atoms with van der Waals surface area (Å²) in [5.41, 5.74) is 0. The van der Waals surface area contributed by atoms with E-state index in [1.54, 1.807) is 0 Å². The fourth-order valence-corrected chi connectivity index (χ4v) is 4.49. The summed E-state index contributed by atoms with van der Waals surface area (Å²) >= 11 is 0. The summed E-state index contributed by atoms with van der Waals surface area (Å²) in [6.45, 7) is 4.02. The van der Waals surface area contributed by atoms with Crippen molar-refractivity contribution in [1.82, 2.24) is 0 Å². The van der Waals surface area contributed by atoms with E-state index in [0.717, 1.165) is 44.9 Å². The van der Waals surface area contributed by atoms with Crippen LogP contribution in [-0.2, 0) is 19.1 Å². The van der Waals surface area contributed by atoms with Gasteiger partial charge in [0.15, 0.2) is 6.10 Å². The van der Waals surface area contributed by atoms with Crippen LogP contribution >= 0.6 is 0 Å². The lowest BCUT2D eigenvalue weighted by molar-refractivity contribution is -0.161. The highest BCUT2D eigenvalue weighted by atomic mass is 16.6. The predicted octanol–water partition coefficient (Wildman–Crippen LogP) is 10.3. The Morgan fingerprint density at radius 1 is 0.548 bits per heavy atom. The molecule has 0 rings (SSSR count). The van der Waals surface area contributed by atoms with E-state index in [9.17, 15) is 14.7 Å². The number of carbonyl (C=O) groups excluding carboxylic acids is 2. The Morgan fingerprint density at radius 3 is 1.50 bits per heavy atom. The molecule has 0 aliphatic heterocycles. The van der Waals surface area contributed by atoms with Crippen LogP contribution in [0.3, 0.4) is 0 Å². The minimum Gasteiger partial charge on any atom is -0.462 e. The summed E-state index contributed by atoms with van der Waals surface area (Å²) in [5, 5.41) is 9.46. The molecule has 0 aromatic heterocycles. The fourth-order valence-electron chi connectivity index (χ4n) is 4.49. The van der Waals surface area contributed by atoms with Crippen molar-refractivity contribution in [3.63, 3.8) is 0 Å². The van der Waals surface area contributed by atoms with Crippen LogP contribution in [0.5, 0.6) is 0 Å². The molecule has 0 saturated carbocycles. The third kappa shape index (κ3) is 30.8. The van der Waals surface area contributed by atoms with Crippen LogP contribution in [0.1, 0.15) is 155 Å². The van der Waals surface area contributed by atoms with Gasteiger partial charge in [0, 0.05) is 12.8 Å². The average Bonchev–Trinajstić information content (AvgIpc) is 2.99. The molecule has 0 spiro atoms. The Balaban J connectivity index is 3.70. The molecule has 0 radical (unpaired) electrons. The maximum absolute atomic E-state index is 12.1. The zero-order valence-corrected chi connectivity index (χ0v) is 27.2. The molecule has 5 heteroatoms. The van der Waals surface area contributed by atoms with Crippen LogP contribution in [0, 0.1) is 0 Å². The number of unbranched alkanes of at least 4 members (excludes halogenated alkanes) is 14. The lowest BCUT2D eigenvalue weighted by atomic mass is 10.1. The molecular formula is C37H64O5. The van der Waals surface area contributed by atoms with Gasteiger partial charge in [-0.25, -0.2) is 0 Å². The molecular weight excluding hydrogens is 524 g/mol. The summed E-state index contributed by atoms with van der Waals surface area (Å²) < 4.78 is 10.5. The summed E-state index contributed by atoms with van der Waals surface area (Å²) in [6, 6.07) is 0. The monoisotopic (exact) mass is 588 g/mol. The first kappa shape index (κ1) is 39.9. The third-order valence-corrected chi connectivity index (χ3v) is 7.13. The third-order valence-electron chi connectivity index (χ3n) is 7.13. The summed E-state index contributed by atoms with van der Waals surface area (Å²) in [6.07, 6.45) is 40.5. The molecule has 0 bridgehead atoms. The molecule has 0 aromatic rings. The molecule has 0 unspecified atom stereocenters. The van der Waals surface area contributed by atoms with Gasteiger partial charge in [0.05, 0.1) is 6.61 Å². The van der Waals surface area contributed by atoms with E-state index in [4.69, 9.17) is 9.47 Å². The van der Waals surface area contributed by atoms with Crippen LogP contribution < -0.4 is 0 Å². The zero-order chi connectivity index (χ0) is 30.8.